The molecule has 5 N–H and O–H groups in total. The minimum Gasteiger partial charge on any atom is -0.393 e. The summed E-state index contributed by atoms with van der Waals surface area (Å²) in [6, 6.07) is 0. The number of aliphatic hydroxyl groups is 5. The van der Waals surface area contributed by atoms with E-state index < -0.39 is 46.9 Å². The number of carbonyl (C=O) groups excluding carboxylic acids is 3. The van der Waals surface area contributed by atoms with Gasteiger partial charge in [0.2, 0.25) is 5.60 Å². The molecule has 1 fully saturated rings. The second-order valence-corrected chi connectivity index (χ2v) is 5.34. The van der Waals surface area contributed by atoms with Gasteiger partial charge in [0.25, 0.3) is 5.79 Å². The molecule has 0 amide bonds. The zero-order valence-corrected chi connectivity index (χ0v) is 11.7. The highest BCUT2D eigenvalue weighted by Gasteiger charge is 2.77. The SMILES string of the molecule is CC(=O)[C@]1(CO)OC(O)(C=O)[C@](O)(C(C)=O)[C@@](C)(O)[C@@H]1O. The molecule has 0 aliphatic carbocycles. The Morgan fingerprint density at radius 3 is 1.95 bits per heavy atom. The van der Waals surface area contributed by atoms with Gasteiger partial charge in [-0.2, -0.15) is 0 Å². The fourth-order valence-corrected chi connectivity index (χ4v) is 2.63. The van der Waals surface area contributed by atoms with Gasteiger partial charge < -0.3 is 30.3 Å². The highest BCUT2D eigenvalue weighted by Crippen LogP contribution is 2.47. The normalized spacial score (nSPS) is 47.0. The third-order valence-corrected chi connectivity index (χ3v) is 4.06. The van der Waals surface area contributed by atoms with Gasteiger partial charge in [0.1, 0.15) is 11.7 Å². The Kier molecular flexibility index (Phi) is 4.16. The third kappa shape index (κ3) is 1.90. The summed E-state index contributed by atoms with van der Waals surface area (Å²) in [4.78, 5) is 34.5. The van der Waals surface area contributed by atoms with Gasteiger partial charge in [-0.25, -0.2) is 0 Å². The molecule has 1 heterocycles. The smallest absolute Gasteiger partial charge is 0.264 e. The Hall–Kier alpha value is -1.23. The molecule has 9 nitrogen and oxygen atoms in total. The maximum atomic E-state index is 11.7. The molecule has 21 heavy (non-hydrogen) atoms. The van der Waals surface area contributed by atoms with Crippen molar-refractivity contribution >= 4 is 17.9 Å². The van der Waals surface area contributed by atoms with Crippen molar-refractivity contribution in [2.75, 3.05) is 6.61 Å². The molecule has 1 unspecified atom stereocenters. The molecule has 1 rings (SSSR count). The average molecular weight is 306 g/mol. The van der Waals surface area contributed by atoms with Crippen LogP contribution in [0, 0.1) is 0 Å². The van der Waals surface area contributed by atoms with E-state index >= 15 is 0 Å². The van der Waals surface area contributed by atoms with E-state index in [1.165, 1.54) is 0 Å². The van der Waals surface area contributed by atoms with Crippen molar-refractivity contribution in [1.82, 2.24) is 0 Å². The molecule has 0 radical (unpaired) electrons. The van der Waals surface area contributed by atoms with E-state index in [1.807, 2.05) is 0 Å². The van der Waals surface area contributed by atoms with E-state index in [9.17, 15) is 39.9 Å². The lowest BCUT2D eigenvalue weighted by atomic mass is 9.64. The second-order valence-electron chi connectivity index (χ2n) is 5.34. The number of rotatable bonds is 4. The van der Waals surface area contributed by atoms with Gasteiger partial charge in [-0.3, -0.25) is 14.4 Å². The van der Waals surface area contributed by atoms with E-state index in [1.54, 1.807) is 0 Å². The highest BCUT2D eigenvalue weighted by atomic mass is 16.7. The summed E-state index contributed by atoms with van der Waals surface area (Å²) < 4.78 is 4.75. The molecule has 0 aromatic heterocycles. The molecule has 120 valence electrons. The van der Waals surface area contributed by atoms with Crippen LogP contribution in [-0.2, 0) is 19.1 Å². The first kappa shape index (κ1) is 17.8. The summed E-state index contributed by atoms with van der Waals surface area (Å²) in [5.74, 6) is -5.64. The number of aliphatic hydroxyl groups excluding tert-OH is 2. The maximum Gasteiger partial charge on any atom is 0.264 e. The highest BCUT2D eigenvalue weighted by molar-refractivity contribution is 5.94. The number of hydrogen-bond acceptors (Lipinski definition) is 9. The van der Waals surface area contributed by atoms with E-state index in [0.29, 0.717) is 0 Å². The summed E-state index contributed by atoms with van der Waals surface area (Å²) in [6.07, 6.45) is -2.68. The largest absolute Gasteiger partial charge is 0.393 e. The maximum absolute atomic E-state index is 11.7. The van der Waals surface area contributed by atoms with Crippen LogP contribution in [0.25, 0.3) is 0 Å². The molecular weight excluding hydrogens is 288 g/mol. The van der Waals surface area contributed by atoms with Crippen molar-refractivity contribution in [2.24, 2.45) is 0 Å². The average Bonchev–Trinajstić information content (AvgIpc) is 2.40. The number of ketones is 2. The van der Waals surface area contributed by atoms with Crippen LogP contribution in [0.15, 0.2) is 0 Å². The van der Waals surface area contributed by atoms with Gasteiger partial charge in [-0.05, 0) is 20.8 Å². The van der Waals surface area contributed by atoms with Crippen molar-refractivity contribution in [3.8, 4) is 0 Å². The molecule has 0 bridgehead atoms. The zero-order chi connectivity index (χ0) is 16.9. The Morgan fingerprint density at radius 1 is 1.19 bits per heavy atom. The first-order valence-corrected chi connectivity index (χ1v) is 6.02. The van der Waals surface area contributed by atoms with Crippen molar-refractivity contribution in [3.63, 3.8) is 0 Å². The molecule has 1 saturated heterocycles. The first-order valence-electron chi connectivity index (χ1n) is 6.02. The summed E-state index contributed by atoms with van der Waals surface area (Å²) >= 11 is 0. The van der Waals surface area contributed by atoms with Crippen LogP contribution >= 0.6 is 0 Å². The van der Waals surface area contributed by atoms with Crippen LogP contribution in [0.1, 0.15) is 20.8 Å². The van der Waals surface area contributed by atoms with Crippen LogP contribution in [0.3, 0.4) is 0 Å². The van der Waals surface area contributed by atoms with E-state index in [2.05, 4.69) is 0 Å². The lowest BCUT2D eigenvalue weighted by molar-refractivity contribution is -0.395. The standard InChI is InChI=1S/C12H18O9/c1-6(15)10(4-13)8(17)9(3,18)12(20,7(2)16)11(19,5-14)21-10/h5,8,13,17-20H,4H2,1-3H3/t8-,9-,10-,11?,12-/m0/s1. The van der Waals surface area contributed by atoms with Gasteiger partial charge in [-0.1, -0.05) is 0 Å². The number of ether oxygens (including phenoxy) is 1. The predicted octanol–water partition coefficient (Wildman–Crippen LogP) is -3.34. The number of Topliss-reactive ketones (excluding diaryl/α,β-unsaturated/α-hetero) is 2. The Morgan fingerprint density at radius 2 is 1.67 bits per heavy atom. The Bertz CT molecular complexity index is 487. The quantitative estimate of drug-likeness (QED) is 0.334. The zero-order valence-electron chi connectivity index (χ0n) is 11.7. The summed E-state index contributed by atoms with van der Waals surface area (Å²) in [5.41, 5.74) is -8.68. The van der Waals surface area contributed by atoms with Crippen molar-refractivity contribution in [1.29, 1.82) is 0 Å². The lowest BCUT2D eigenvalue weighted by Gasteiger charge is -2.58. The van der Waals surface area contributed by atoms with Crippen LogP contribution in [0.5, 0.6) is 0 Å². The lowest BCUT2D eigenvalue weighted by Crippen LogP contribution is -2.85. The molecule has 5 atom stereocenters. The minimum atomic E-state index is -3.34. The predicted molar refractivity (Wildman–Crippen MR) is 64.9 cm³/mol. The van der Waals surface area contributed by atoms with Crippen LogP contribution in [0.4, 0.5) is 0 Å². The molecule has 1 aliphatic rings. The molecular formula is C12H18O9. The number of carbonyl (C=O) groups is 3. The van der Waals surface area contributed by atoms with Gasteiger partial charge in [0.05, 0.1) is 6.61 Å². The Balaban J connectivity index is 3.71. The fraction of sp³-hybridized carbons (Fsp3) is 0.750. The molecule has 0 aromatic carbocycles. The molecule has 9 heteroatoms. The van der Waals surface area contributed by atoms with Crippen LogP contribution in [-0.4, -0.2) is 78.7 Å². The van der Waals surface area contributed by atoms with Crippen molar-refractivity contribution < 1.29 is 44.7 Å². The second kappa shape index (κ2) is 4.90. The third-order valence-electron chi connectivity index (χ3n) is 4.06. The first-order chi connectivity index (χ1) is 9.37. The summed E-state index contributed by atoms with van der Waals surface area (Å²) in [5, 5.41) is 50.3. The van der Waals surface area contributed by atoms with Gasteiger partial charge >= 0.3 is 0 Å². The van der Waals surface area contributed by atoms with Crippen molar-refractivity contribution in [2.45, 2.75) is 49.5 Å². The minimum absolute atomic E-state index is 0.387. The summed E-state index contributed by atoms with van der Waals surface area (Å²) in [7, 11) is 0. The van der Waals surface area contributed by atoms with Crippen molar-refractivity contribution in [3.05, 3.63) is 0 Å². The topological polar surface area (TPSA) is 162 Å². The number of aldehydes is 1. The molecule has 0 spiro atoms. The Labute approximate surface area is 119 Å². The van der Waals surface area contributed by atoms with E-state index in [0.717, 1.165) is 20.8 Å². The van der Waals surface area contributed by atoms with Crippen LogP contribution < -0.4 is 0 Å². The van der Waals surface area contributed by atoms with E-state index in [-0.39, 0.29) is 6.29 Å². The molecule has 0 saturated carbocycles. The number of hydrogen-bond donors (Lipinski definition) is 5. The molecule has 1 aliphatic heterocycles. The van der Waals surface area contributed by atoms with Gasteiger partial charge in [0, 0.05) is 0 Å². The van der Waals surface area contributed by atoms with Gasteiger partial charge in [-0.15, -0.1) is 0 Å². The van der Waals surface area contributed by atoms with Crippen LogP contribution in [0.2, 0.25) is 0 Å². The molecule has 0 aromatic rings. The monoisotopic (exact) mass is 306 g/mol. The summed E-state index contributed by atoms with van der Waals surface area (Å²) in [6.45, 7) is 1.16. The van der Waals surface area contributed by atoms with Gasteiger partial charge in [0.15, 0.2) is 23.5 Å². The fourth-order valence-electron chi connectivity index (χ4n) is 2.63. The van der Waals surface area contributed by atoms with E-state index in [4.69, 9.17) is 4.74 Å².